The lowest BCUT2D eigenvalue weighted by Gasteiger charge is -2.03. The van der Waals surface area contributed by atoms with Crippen molar-refractivity contribution in [2.45, 2.75) is 0 Å². The first-order valence-electron chi connectivity index (χ1n) is 4.72. The van der Waals surface area contributed by atoms with Crippen molar-refractivity contribution in [3.8, 4) is 0 Å². The van der Waals surface area contributed by atoms with Gasteiger partial charge in [0.15, 0.2) is 0 Å². The molecule has 0 saturated heterocycles. The molecule has 0 bridgehead atoms. The summed E-state index contributed by atoms with van der Waals surface area (Å²) in [6.45, 7) is 0. The number of rotatable bonds is 3. The molecule has 3 N–H and O–H groups in total. The van der Waals surface area contributed by atoms with Crippen molar-refractivity contribution < 1.29 is 4.92 Å². The van der Waals surface area contributed by atoms with Gasteiger partial charge in [-0.3, -0.25) is 14.8 Å². The fourth-order valence-electron chi connectivity index (χ4n) is 1.34. The van der Waals surface area contributed by atoms with Gasteiger partial charge < -0.3 is 11.1 Å². The van der Waals surface area contributed by atoms with E-state index in [1.54, 1.807) is 24.1 Å². The summed E-state index contributed by atoms with van der Waals surface area (Å²) in [4.78, 5) is 14.1. The molecule has 2 aromatic rings. The van der Waals surface area contributed by atoms with E-state index in [2.05, 4.69) is 15.4 Å². The van der Waals surface area contributed by atoms with Crippen LogP contribution in [-0.2, 0) is 7.05 Å². The van der Waals surface area contributed by atoms with Gasteiger partial charge in [0, 0.05) is 13.2 Å². The molecule has 0 aromatic carbocycles. The summed E-state index contributed by atoms with van der Waals surface area (Å²) >= 11 is 0. The Labute approximate surface area is 96.2 Å². The molecule has 8 heteroatoms. The molecular weight excluding hydrogens is 224 g/mol. The Kier molecular flexibility index (Phi) is 2.61. The number of aromatic nitrogens is 3. The minimum absolute atomic E-state index is 0.0885. The van der Waals surface area contributed by atoms with Gasteiger partial charge in [0.25, 0.3) is 5.69 Å². The highest BCUT2D eigenvalue weighted by atomic mass is 16.6. The maximum absolute atomic E-state index is 10.6. The van der Waals surface area contributed by atoms with Gasteiger partial charge in [0.1, 0.15) is 11.6 Å². The second-order valence-electron chi connectivity index (χ2n) is 3.42. The van der Waals surface area contributed by atoms with E-state index in [-0.39, 0.29) is 11.5 Å². The third-order valence-corrected chi connectivity index (χ3v) is 2.02. The van der Waals surface area contributed by atoms with Crippen molar-refractivity contribution in [3.63, 3.8) is 0 Å². The highest BCUT2D eigenvalue weighted by molar-refractivity contribution is 5.60. The molecule has 2 rings (SSSR count). The van der Waals surface area contributed by atoms with Gasteiger partial charge in [-0.2, -0.15) is 5.10 Å². The van der Waals surface area contributed by atoms with Crippen LogP contribution in [0.25, 0.3) is 0 Å². The molecule has 2 aromatic heterocycles. The molecule has 0 spiro atoms. The quantitative estimate of drug-likeness (QED) is 0.606. The first-order chi connectivity index (χ1) is 8.04. The Morgan fingerprint density at radius 1 is 1.53 bits per heavy atom. The Morgan fingerprint density at radius 3 is 2.88 bits per heavy atom. The fourth-order valence-corrected chi connectivity index (χ4v) is 1.34. The molecule has 0 aliphatic rings. The summed E-state index contributed by atoms with van der Waals surface area (Å²) in [7, 11) is 1.76. The van der Waals surface area contributed by atoms with Crippen LogP contribution < -0.4 is 11.1 Å². The van der Waals surface area contributed by atoms with Crippen LogP contribution in [0.15, 0.2) is 24.5 Å². The Morgan fingerprint density at radius 2 is 2.29 bits per heavy atom. The van der Waals surface area contributed by atoms with Gasteiger partial charge in [-0.25, -0.2) is 4.98 Å². The predicted octanol–water partition coefficient (Wildman–Crippen LogP) is 1.05. The lowest BCUT2D eigenvalue weighted by molar-refractivity contribution is -0.384. The average Bonchev–Trinajstić information content (AvgIpc) is 2.63. The molecule has 0 atom stereocenters. The number of aryl methyl sites for hydroxylation is 1. The van der Waals surface area contributed by atoms with Crippen molar-refractivity contribution in [1.29, 1.82) is 0 Å². The molecule has 0 radical (unpaired) electrons. The van der Waals surface area contributed by atoms with Crippen LogP contribution in [0, 0.1) is 10.1 Å². The van der Waals surface area contributed by atoms with Crippen molar-refractivity contribution >= 4 is 23.0 Å². The summed E-state index contributed by atoms with van der Waals surface area (Å²) < 4.78 is 1.60. The summed E-state index contributed by atoms with van der Waals surface area (Å²) in [6.07, 6.45) is 3.30. The van der Waals surface area contributed by atoms with Crippen LogP contribution in [0.1, 0.15) is 0 Å². The first-order valence-corrected chi connectivity index (χ1v) is 4.72. The van der Waals surface area contributed by atoms with Crippen molar-refractivity contribution in [3.05, 3.63) is 34.6 Å². The van der Waals surface area contributed by atoms with Crippen LogP contribution in [0.3, 0.4) is 0 Å². The van der Waals surface area contributed by atoms with E-state index in [4.69, 9.17) is 5.73 Å². The van der Waals surface area contributed by atoms with E-state index in [0.717, 1.165) is 0 Å². The molecular formula is C9H10N6O2. The molecule has 0 aliphatic carbocycles. The number of hydrogen-bond acceptors (Lipinski definition) is 6. The summed E-state index contributed by atoms with van der Waals surface area (Å²) in [5.74, 6) is 0.398. The zero-order valence-electron chi connectivity index (χ0n) is 8.99. The van der Waals surface area contributed by atoms with E-state index in [1.807, 2.05) is 0 Å². The summed E-state index contributed by atoms with van der Waals surface area (Å²) in [6, 6.07) is 2.51. The zero-order valence-corrected chi connectivity index (χ0v) is 8.99. The SMILES string of the molecule is Cn1cc(Nc2cc([N+](=O)[O-])cc(N)n2)cn1. The second-order valence-corrected chi connectivity index (χ2v) is 3.42. The van der Waals surface area contributed by atoms with E-state index in [1.165, 1.54) is 12.1 Å². The lowest BCUT2D eigenvalue weighted by atomic mass is 10.3. The molecule has 88 valence electrons. The first kappa shape index (κ1) is 10.9. The zero-order chi connectivity index (χ0) is 12.4. The third kappa shape index (κ3) is 2.48. The monoisotopic (exact) mass is 234 g/mol. The average molecular weight is 234 g/mol. The maximum Gasteiger partial charge on any atom is 0.276 e. The predicted molar refractivity (Wildman–Crippen MR) is 61.8 cm³/mol. The van der Waals surface area contributed by atoms with Crippen LogP contribution in [0.5, 0.6) is 0 Å². The van der Waals surface area contributed by atoms with Gasteiger partial charge in [-0.05, 0) is 0 Å². The van der Waals surface area contributed by atoms with E-state index in [9.17, 15) is 10.1 Å². The van der Waals surface area contributed by atoms with Gasteiger partial charge in [0.05, 0.1) is 28.9 Å². The van der Waals surface area contributed by atoms with Crippen LogP contribution in [0.4, 0.5) is 23.0 Å². The van der Waals surface area contributed by atoms with Crippen molar-refractivity contribution in [2.75, 3.05) is 11.1 Å². The number of nitrogens with zero attached hydrogens (tertiary/aromatic N) is 4. The minimum atomic E-state index is -0.521. The molecule has 0 aliphatic heterocycles. The molecule has 0 saturated carbocycles. The number of nitrogens with one attached hydrogen (secondary N) is 1. The van der Waals surface area contributed by atoms with Gasteiger partial charge in [-0.1, -0.05) is 0 Å². The Hall–Kier alpha value is -2.64. The van der Waals surface area contributed by atoms with Crippen LogP contribution >= 0.6 is 0 Å². The maximum atomic E-state index is 10.6. The molecule has 2 heterocycles. The van der Waals surface area contributed by atoms with Crippen LogP contribution in [-0.4, -0.2) is 19.7 Å². The molecule has 0 fully saturated rings. The number of pyridine rings is 1. The van der Waals surface area contributed by atoms with E-state index in [0.29, 0.717) is 11.5 Å². The number of hydrogen-bond donors (Lipinski definition) is 2. The van der Waals surface area contributed by atoms with Gasteiger partial charge in [-0.15, -0.1) is 0 Å². The third-order valence-electron chi connectivity index (χ3n) is 2.02. The van der Waals surface area contributed by atoms with E-state index < -0.39 is 4.92 Å². The smallest absolute Gasteiger partial charge is 0.276 e. The number of nitro groups is 1. The second kappa shape index (κ2) is 4.08. The molecule has 0 unspecified atom stereocenters. The van der Waals surface area contributed by atoms with E-state index >= 15 is 0 Å². The Bertz CT molecular complexity index is 564. The molecule has 0 amide bonds. The normalized spacial score (nSPS) is 10.2. The Balaban J connectivity index is 2.29. The number of anilines is 3. The molecule has 8 nitrogen and oxygen atoms in total. The number of nitrogen functional groups attached to an aromatic ring is 1. The molecule has 17 heavy (non-hydrogen) atoms. The van der Waals surface area contributed by atoms with Crippen molar-refractivity contribution in [1.82, 2.24) is 14.8 Å². The van der Waals surface area contributed by atoms with Crippen molar-refractivity contribution in [2.24, 2.45) is 7.05 Å². The lowest BCUT2D eigenvalue weighted by Crippen LogP contribution is -1.99. The largest absolute Gasteiger partial charge is 0.383 e. The fraction of sp³-hybridized carbons (Fsp3) is 0.111. The van der Waals surface area contributed by atoms with Crippen LogP contribution in [0.2, 0.25) is 0 Å². The minimum Gasteiger partial charge on any atom is -0.383 e. The van der Waals surface area contributed by atoms with Gasteiger partial charge >= 0.3 is 0 Å². The highest BCUT2D eigenvalue weighted by Gasteiger charge is 2.10. The summed E-state index contributed by atoms with van der Waals surface area (Å²) in [5.41, 5.74) is 6.05. The van der Waals surface area contributed by atoms with Gasteiger partial charge in [0.2, 0.25) is 0 Å². The highest BCUT2D eigenvalue weighted by Crippen LogP contribution is 2.21. The standard InChI is InChI=1S/C9H10N6O2/c1-14-5-6(4-11-14)12-9-3-7(15(16)17)2-8(10)13-9/h2-5H,1H3,(H3,10,12,13). The summed E-state index contributed by atoms with van der Waals surface area (Å²) in [5, 5.41) is 17.5. The number of nitrogens with two attached hydrogens (primary N) is 1. The topological polar surface area (TPSA) is 112 Å².